The zero-order chi connectivity index (χ0) is 13.2. The van der Waals surface area contributed by atoms with E-state index < -0.39 is 0 Å². The summed E-state index contributed by atoms with van der Waals surface area (Å²) in [7, 11) is 1.78. The Morgan fingerprint density at radius 3 is 2.72 bits per heavy atom. The van der Waals surface area contributed by atoms with Crippen LogP contribution in [-0.4, -0.2) is 50.3 Å². The van der Waals surface area contributed by atoms with E-state index in [9.17, 15) is 0 Å². The molecule has 1 aliphatic heterocycles. The van der Waals surface area contributed by atoms with Crippen LogP contribution in [0.1, 0.15) is 52.4 Å². The maximum absolute atomic E-state index is 5.06. The third kappa shape index (κ3) is 6.72. The van der Waals surface area contributed by atoms with Gasteiger partial charge in [0.1, 0.15) is 0 Å². The molecule has 0 aromatic heterocycles. The Morgan fingerprint density at radius 1 is 1.17 bits per heavy atom. The molecule has 1 N–H and O–H groups in total. The van der Waals surface area contributed by atoms with E-state index in [4.69, 9.17) is 4.74 Å². The standard InChI is InChI=1S/C15H32N2O/c1-14(2)17-11-7-8-15(9-12-17)16-10-5-4-6-13-18-3/h14-16H,4-13H2,1-3H3. The van der Waals surface area contributed by atoms with Crippen LogP contribution >= 0.6 is 0 Å². The fourth-order valence-corrected chi connectivity index (χ4v) is 2.69. The lowest BCUT2D eigenvalue weighted by Gasteiger charge is -2.24. The van der Waals surface area contributed by atoms with Crippen molar-refractivity contribution in [2.75, 3.05) is 33.4 Å². The quantitative estimate of drug-likeness (QED) is 0.676. The molecular formula is C15H32N2O. The molecule has 1 saturated heterocycles. The highest BCUT2D eigenvalue weighted by Gasteiger charge is 2.17. The third-order valence-electron chi connectivity index (χ3n) is 3.95. The molecule has 0 aromatic carbocycles. The van der Waals surface area contributed by atoms with Crippen molar-refractivity contribution in [1.29, 1.82) is 0 Å². The van der Waals surface area contributed by atoms with Gasteiger partial charge in [0.05, 0.1) is 0 Å². The summed E-state index contributed by atoms with van der Waals surface area (Å²) < 4.78 is 5.06. The average Bonchev–Trinajstić information content (AvgIpc) is 2.59. The molecule has 0 amide bonds. The van der Waals surface area contributed by atoms with Gasteiger partial charge < -0.3 is 15.0 Å². The number of methoxy groups -OCH3 is 1. The molecule has 0 saturated carbocycles. The van der Waals surface area contributed by atoms with Crippen LogP contribution in [0.15, 0.2) is 0 Å². The van der Waals surface area contributed by atoms with Crippen LogP contribution in [-0.2, 0) is 4.74 Å². The molecule has 1 heterocycles. The SMILES string of the molecule is COCCCCCNC1CCCN(C(C)C)CC1. The van der Waals surface area contributed by atoms with Gasteiger partial charge >= 0.3 is 0 Å². The van der Waals surface area contributed by atoms with Crippen LogP contribution in [0.3, 0.4) is 0 Å². The number of nitrogens with one attached hydrogen (secondary N) is 1. The number of hydrogen-bond acceptors (Lipinski definition) is 3. The van der Waals surface area contributed by atoms with Crippen molar-refractivity contribution in [2.24, 2.45) is 0 Å². The van der Waals surface area contributed by atoms with Crippen molar-refractivity contribution < 1.29 is 4.74 Å². The molecule has 1 fully saturated rings. The van der Waals surface area contributed by atoms with Crippen LogP contribution in [0.2, 0.25) is 0 Å². The number of nitrogens with zero attached hydrogens (tertiary/aromatic N) is 1. The Hall–Kier alpha value is -0.120. The average molecular weight is 256 g/mol. The van der Waals surface area contributed by atoms with Crippen LogP contribution in [0, 0.1) is 0 Å². The van der Waals surface area contributed by atoms with Crippen LogP contribution in [0.5, 0.6) is 0 Å². The summed E-state index contributed by atoms with van der Waals surface area (Å²) in [5.74, 6) is 0. The summed E-state index contributed by atoms with van der Waals surface area (Å²) in [5.41, 5.74) is 0. The summed E-state index contributed by atoms with van der Waals surface area (Å²) in [5, 5.41) is 3.73. The fourth-order valence-electron chi connectivity index (χ4n) is 2.69. The van der Waals surface area contributed by atoms with E-state index in [1.54, 1.807) is 7.11 Å². The van der Waals surface area contributed by atoms with Crippen LogP contribution in [0.25, 0.3) is 0 Å². The first kappa shape index (κ1) is 15.9. The van der Waals surface area contributed by atoms with Crippen molar-refractivity contribution in [2.45, 2.75) is 64.5 Å². The molecule has 1 aliphatic rings. The van der Waals surface area contributed by atoms with Gasteiger partial charge in [-0.05, 0) is 72.0 Å². The largest absolute Gasteiger partial charge is 0.385 e. The summed E-state index contributed by atoms with van der Waals surface area (Å²) in [4.78, 5) is 2.61. The van der Waals surface area contributed by atoms with E-state index in [1.807, 2.05) is 0 Å². The van der Waals surface area contributed by atoms with E-state index in [0.717, 1.165) is 12.6 Å². The zero-order valence-electron chi connectivity index (χ0n) is 12.6. The first-order chi connectivity index (χ1) is 8.74. The van der Waals surface area contributed by atoms with E-state index >= 15 is 0 Å². The molecule has 0 radical (unpaired) electrons. The fraction of sp³-hybridized carbons (Fsp3) is 1.00. The second kappa shape index (κ2) is 9.76. The second-order valence-electron chi connectivity index (χ2n) is 5.77. The maximum atomic E-state index is 5.06. The predicted molar refractivity (Wildman–Crippen MR) is 78.1 cm³/mol. The summed E-state index contributed by atoms with van der Waals surface area (Å²) >= 11 is 0. The van der Waals surface area contributed by atoms with Crippen molar-refractivity contribution in [3.8, 4) is 0 Å². The Kier molecular flexibility index (Phi) is 8.64. The minimum absolute atomic E-state index is 0.706. The van der Waals surface area contributed by atoms with Crippen LogP contribution in [0.4, 0.5) is 0 Å². The van der Waals surface area contributed by atoms with Gasteiger partial charge in [-0.15, -0.1) is 0 Å². The monoisotopic (exact) mass is 256 g/mol. The smallest absolute Gasteiger partial charge is 0.0462 e. The second-order valence-corrected chi connectivity index (χ2v) is 5.77. The Morgan fingerprint density at radius 2 is 2.00 bits per heavy atom. The van der Waals surface area contributed by atoms with E-state index in [0.29, 0.717) is 6.04 Å². The lowest BCUT2D eigenvalue weighted by molar-refractivity contribution is 0.192. The van der Waals surface area contributed by atoms with Crippen molar-refractivity contribution >= 4 is 0 Å². The number of ether oxygens (including phenoxy) is 1. The molecule has 1 rings (SSSR count). The summed E-state index contributed by atoms with van der Waals surface area (Å²) in [6.07, 6.45) is 7.78. The van der Waals surface area contributed by atoms with Crippen LogP contribution < -0.4 is 5.32 Å². The highest BCUT2D eigenvalue weighted by atomic mass is 16.5. The molecule has 3 heteroatoms. The molecule has 0 aromatic rings. The lowest BCUT2D eigenvalue weighted by atomic mass is 10.1. The number of likely N-dealkylation sites (tertiary alicyclic amines) is 1. The maximum Gasteiger partial charge on any atom is 0.0462 e. The van der Waals surface area contributed by atoms with Gasteiger partial charge in [0.2, 0.25) is 0 Å². The van der Waals surface area contributed by atoms with Gasteiger partial charge in [-0.1, -0.05) is 0 Å². The van der Waals surface area contributed by atoms with Gasteiger partial charge in [-0.2, -0.15) is 0 Å². The lowest BCUT2D eigenvalue weighted by Crippen LogP contribution is -2.34. The number of hydrogen-bond donors (Lipinski definition) is 1. The minimum atomic E-state index is 0.706. The normalized spacial score (nSPS) is 22.3. The molecule has 3 nitrogen and oxygen atoms in total. The Bertz CT molecular complexity index is 197. The molecule has 108 valence electrons. The van der Waals surface area contributed by atoms with Gasteiger partial charge in [-0.3, -0.25) is 0 Å². The molecule has 1 atom stereocenters. The number of unbranched alkanes of at least 4 members (excludes halogenated alkanes) is 2. The Balaban J connectivity index is 2.05. The molecule has 0 bridgehead atoms. The molecule has 0 spiro atoms. The van der Waals surface area contributed by atoms with Crippen molar-refractivity contribution in [3.05, 3.63) is 0 Å². The van der Waals surface area contributed by atoms with Gasteiger partial charge in [0, 0.05) is 25.8 Å². The third-order valence-corrected chi connectivity index (χ3v) is 3.95. The molecule has 18 heavy (non-hydrogen) atoms. The van der Waals surface area contributed by atoms with Crippen molar-refractivity contribution in [1.82, 2.24) is 10.2 Å². The van der Waals surface area contributed by atoms with E-state index in [2.05, 4.69) is 24.1 Å². The van der Waals surface area contributed by atoms with E-state index in [-0.39, 0.29) is 0 Å². The minimum Gasteiger partial charge on any atom is -0.385 e. The summed E-state index contributed by atoms with van der Waals surface area (Å²) in [6.45, 7) is 9.25. The van der Waals surface area contributed by atoms with E-state index in [1.165, 1.54) is 58.2 Å². The topological polar surface area (TPSA) is 24.5 Å². The Labute approximate surface area is 113 Å². The van der Waals surface area contributed by atoms with Crippen molar-refractivity contribution in [3.63, 3.8) is 0 Å². The highest BCUT2D eigenvalue weighted by molar-refractivity contribution is 4.76. The molecular weight excluding hydrogens is 224 g/mol. The molecule has 0 aliphatic carbocycles. The summed E-state index contributed by atoms with van der Waals surface area (Å²) in [6, 6.07) is 1.45. The predicted octanol–water partition coefficient (Wildman–Crippen LogP) is 2.66. The van der Waals surface area contributed by atoms with Gasteiger partial charge in [0.25, 0.3) is 0 Å². The number of rotatable bonds is 8. The first-order valence-electron chi connectivity index (χ1n) is 7.70. The zero-order valence-corrected chi connectivity index (χ0v) is 12.6. The first-order valence-corrected chi connectivity index (χ1v) is 7.70. The van der Waals surface area contributed by atoms with Gasteiger partial charge in [0.15, 0.2) is 0 Å². The van der Waals surface area contributed by atoms with Gasteiger partial charge in [-0.25, -0.2) is 0 Å². The molecule has 1 unspecified atom stereocenters. The highest BCUT2D eigenvalue weighted by Crippen LogP contribution is 2.13.